The van der Waals surface area contributed by atoms with Crippen molar-refractivity contribution in [2.24, 2.45) is 22.7 Å². The Balaban J connectivity index is 1.54. The summed E-state index contributed by atoms with van der Waals surface area (Å²) in [5, 5.41) is 0. The molecule has 0 N–H and O–H groups in total. The molecule has 0 aromatic rings. The van der Waals surface area contributed by atoms with E-state index in [1.165, 1.54) is 37.2 Å². The maximum atomic E-state index is 12.5. The molecular formula is C21H28OS2. The molecule has 1 heterocycles. The number of hydrogen-bond donors (Lipinski definition) is 0. The predicted octanol–water partition coefficient (Wildman–Crippen LogP) is 5.61. The normalized spacial score (nSPS) is 46.2. The molecule has 24 heavy (non-hydrogen) atoms. The van der Waals surface area contributed by atoms with Crippen molar-refractivity contribution < 1.29 is 4.79 Å². The Morgan fingerprint density at radius 1 is 1.08 bits per heavy atom. The van der Waals surface area contributed by atoms with Gasteiger partial charge in [-0.3, -0.25) is 4.79 Å². The number of allylic oxidation sites excluding steroid dienone is 3. The number of rotatable bonds is 0. The summed E-state index contributed by atoms with van der Waals surface area (Å²) >= 11 is 4.37. The van der Waals surface area contributed by atoms with Gasteiger partial charge in [0.1, 0.15) is 5.78 Å². The fourth-order valence-electron chi connectivity index (χ4n) is 6.46. The van der Waals surface area contributed by atoms with E-state index in [2.05, 4.69) is 49.5 Å². The molecule has 0 aromatic heterocycles. The van der Waals surface area contributed by atoms with Crippen molar-refractivity contribution in [3.8, 4) is 0 Å². The number of carbonyl (C=O) groups is 1. The molecule has 2 saturated carbocycles. The van der Waals surface area contributed by atoms with Gasteiger partial charge in [-0.15, -0.1) is 23.5 Å². The minimum absolute atomic E-state index is 0.0429. The van der Waals surface area contributed by atoms with Crippen LogP contribution in [0, 0.1) is 22.7 Å². The van der Waals surface area contributed by atoms with Gasteiger partial charge in [-0.2, -0.15) is 0 Å². The monoisotopic (exact) mass is 360 g/mol. The van der Waals surface area contributed by atoms with Gasteiger partial charge in [-0.25, -0.2) is 0 Å². The molecule has 4 aliphatic carbocycles. The van der Waals surface area contributed by atoms with Gasteiger partial charge in [0.15, 0.2) is 0 Å². The molecule has 0 aromatic carbocycles. The zero-order valence-corrected chi connectivity index (χ0v) is 16.5. The smallest absolute Gasteiger partial charge is 0.139 e. The molecule has 0 amide bonds. The Morgan fingerprint density at radius 3 is 2.67 bits per heavy atom. The predicted molar refractivity (Wildman–Crippen MR) is 104 cm³/mol. The van der Waals surface area contributed by atoms with Gasteiger partial charge in [-0.1, -0.05) is 37.1 Å². The number of ketones is 1. The summed E-state index contributed by atoms with van der Waals surface area (Å²) in [5.41, 5.74) is 3.70. The lowest BCUT2D eigenvalue weighted by Crippen LogP contribution is -2.45. The van der Waals surface area contributed by atoms with Gasteiger partial charge in [0, 0.05) is 28.8 Å². The maximum Gasteiger partial charge on any atom is 0.139 e. The van der Waals surface area contributed by atoms with Gasteiger partial charge in [0.2, 0.25) is 0 Å². The Hall–Kier alpha value is -0.150. The van der Waals surface area contributed by atoms with Gasteiger partial charge < -0.3 is 0 Å². The van der Waals surface area contributed by atoms with Crippen LogP contribution in [0.1, 0.15) is 58.8 Å². The lowest BCUT2D eigenvalue weighted by Gasteiger charge is -2.53. The molecule has 1 nitrogen and oxygen atoms in total. The highest BCUT2D eigenvalue weighted by Gasteiger charge is 2.56. The van der Waals surface area contributed by atoms with Gasteiger partial charge >= 0.3 is 0 Å². The van der Waals surface area contributed by atoms with Crippen LogP contribution < -0.4 is 0 Å². The number of hydrogen-bond acceptors (Lipinski definition) is 3. The van der Waals surface area contributed by atoms with E-state index in [-0.39, 0.29) is 5.41 Å². The second kappa shape index (κ2) is 5.19. The molecule has 130 valence electrons. The molecule has 1 spiro atoms. The minimum Gasteiger partial charge on any atom is -0.299 e. The third-order valence-electron chi connectivity index (χ3n) is 7.98. The maximum absolute atomic E-state index is 12.5. The van der Waals surface area contributed by atoms with E-state index >= 15 is 0 Å². The topological polar surface area (TPSA) is 17.1 Å². The van der Waals surface area contributed by atoms with Crippen LogP contribution >= 0.6 is 23.5 Å². The number of carbonyl (C=O) groups excluding carboxylic acids is 1. The van der Waals surface area contributed by atoms with Crippen molar-refractivity contribution >= 4 is 29.3 Å². The van der Waals surface area contributed by atoms with Gasteiger partial charge in [0.05, 0.1) is 4.08 Å². The lowest BCUT2D eigenvalue weighted by atomic mass is 9.52. The molecule has 3 heteroatoms. The molecule has 0 bridgehead atoms. The van der Waals surface area contributed by atoms with Crippen LogP contribution in [-0.2, 0) is 4.79 Å². The van der Waals surface area contributed by atoms with E-state index in [4.69, 9.17) is 0 Å². The summed E-state index contributed by atoms with van der Waals surface area (Å²) in [5.74, 6) is 4.47. The van der Waals surface area contributed by atoms with Crippen LogP contribution in [-0.4, -0.2) is 21.4 Å². The van der Waals surface area contributed by atoms with Crippen LogP contribution in [0.4, 0.5) is 0 Å². The Morgan fingerprint density at radius 2 is 1.88 bits per heavy atom. The van der Waals surface area contributed by atoms with E-state index in [1.807, 2.05) is 0 Å². The van der Waals surface area contributed by atoms with Crippen molar-refractivity contribution in [1.29, 1.82) is 0 Å². The van der Waals surface area contributed by atoms with Crippen molar-refractivity contribution in [3.05, 3.63) is 23.3 Å². The lowest BCUT2D eigenvalue weighted by molar-refractivity contribution is -0.127. The SMILES string of the molecule is C[C@]12CCC3(C=C1CC[C@@H]1C2=CC[C@]2(C)C(=O)CC[C@@H]12)SCCS3. The van der Waals surface area contributed by atoms with Crippen molar-refractivity contribution in [3.63, 3.8) is 0 Å². The molecule has 4 atom stereocenters. The molecule has 3 fully saturated rings. The first-order valence-corrected chi connectivity index (χ1v) is 11.7. The van der Waals surface area contributed by atoms with E-state index < -0.39 is 0 Å². The fraction of sp³-hybridized carbons (Fsp3) is 0.762. The van der Waals surface area contributed by atoms with Gasteiger partial charge in [0.25, 0.3) is 0 Å². The molecule has 5 rings (SSSR count). The molecule has 5 aliphatic rings. The molecule has 0 radical (unpaired) electrons. The number of fused-ring (bicyclic) bond motifs is 5. The number of Topliss-reactive ketones (excluding diaryl/α,β-unsaturated/α-hetero) is 1. The summed E-state index contributed by atoms with van der Waals surface area (Å²) in [6, 6.07) is 0. The average molecular weight is 361 g/mol. The quantitative estimate of drug-likeness (QED) is 0.522. The highest BCUT2D eigenvalue weighted by atomic mass is 32.2. The van der Waals surface area contributed by atoms with Crippen LogP contribution in [0.2, 0.25) is 0 Å². The third-order valence-corrected chi connectivity index (χ3v) is 11.4. The first kappa shape index (κ1) is 16.1. The first-order chi connectivity index (χ1) is 11.5. The summed E-state index contributed by atoms with van der Waals surface area (Å²) in [6.07, 6.45) is 13.4. The molecule has 1 aliphatic heterocycles. The highest BCUT2D eigenvalue weighted by molar-refractivity contribution is 8.21. The minimum atomic E-state index is -0.0429. The Labute approximate surface area is 154 Å². The van der Waals surface area contributed by atoms with E-state index in [0.717, 1.165) is 19.3 Å². The summed E-state index contributed by atoms with van der Waals surface area (Å²) in [4.78, 5) is 12.5. The zero-order valence-electron chi connectivity index (χ0n) is 14.9. The zero-order chi connectivity index (χ0) is 16.6. The standard InChI is InChI=1S/C21H28OS2/c1-19-9-10-21(23-11-12-24-21)13-14(19)3-4-15-16-5-6-18(22)20(16,2)8-7-17(15)19/h7,13,15-16H,3-6,8-12H2,1-2H3/t15-,16-,19-,20-/m0/s1. The Kier molecular flexibility index (Phi) is 3.47. The first-order valence-electron chi connectivity index (χ1n) is 9.71. The molecule has 1 saturated heterocycles. The van der Waals surface area contributed by atoms with Crippen LogP contribution in [0.3, 0.4) is 0 Å². The molecular weight excluding hydrogens is 332 g/mol. The van der Waals surface area contributed by atoms with Crippen LogP contribution in [0.25, 0.3) is 0 Å². The highest BCUT2D eigenvalue weighted by Crippen LogP contribution is 2.65. The summed E-state index contributed by atoms with van der Waals surface area (Å²) in [7, 11) is 0. The Bertz CT molecular complexity index is 657. The van der Waals surface area contributed by atoms with Crippen LogP contribution in [0.15, 0.2) is 23.3 Å². The summed E-state index contributed by atoms with van der Waals surface area (Å²) < 4.78 is 0.398. The fourth-order valence-corrected chi connectivity index (χ4v) is 9.59. The van der Waals surface area contributed by atoms with Gasteiger partial charge in [-0.05, 0) is 50.4 Å². The third kappa shape index (κ3) is 2.00. The van der Waals surface area contributed by atoms with E-state index in [1.54, 1.807) is 11.1 Å². The van der Waals surface area contributed by atoms with E-state index in [9.17, 15) is 4.79 Å². The van der Waals surface area contributed by atoms with Crippen molar-refractivity contribution in [2.75, 3.05) is 11.5 Å². The average Bonchev–Trinajstić information content (AvgIpc) is 3.14. The number of thioether (sulfide) groups is 2. The van der Waals surface area contributed by atoms with E-state index in [0.29, 0.717) is 27.1 Å². The second-order valence-electron chi connectivity index (χ2n) is 9.01. The van der Waals surface area contributed by atoms with Crippen LogP contribution in [0.5, 0.6) is 0 Å². The van der Waals surface area contributed by atoms with Crippen molar-refractivity contribution in [1.82, 2.24) is 0 Å². The van der Waals surface area contributed by atoms with Crippen molar-refractivity contribution in [2.45, 2.75) is 62.9 Å². The molecule has 0 unspecified atom stereocenters. The second-order valence-corrected chi connectivity index (χ2v) is 12.1. The largest absolute Gasteiger partial charge is 0.299 e. The summed E-state index contributed by atoms with van der Waals surface area (Å²) in [6.45, 7) is 4.78.